The largest absolute Gasteiger partial charge is 0.492 e. The van der Waals surface area contributed by atoms with Gasteiger partial charge in [-0.1, -0.05) is 32.0 Å². The third-order valence-electron chi connectivity index (χ3n) is 4.04. The molecule has 2 rings (SSSR count). The summed E-state index contributed by atoms with van der Waals surface area (Å²) in [5.41, 5.74) is 2.25. The van der Waals surface area contributed by atoms with E-state index in [0.717, 1.165) is 27.7 Å². The Kier molecular flexibility index (Phi) is 7.49. The maximum atomic E-state index is 12.4. The highest BCUT2D eigenvalue weighted by Crippen LogP contribution is 2.23. The van der Waals surface area contributed by atoms with Crippen LogP contribution in [-0.4, -0.2) is 43.2 Å². The van der Waals surface area contributed by atoms with Gasteiger partial charge in [0.05, 0.1) is 11.6 Å². The van der Waals surface area contributed by atoms with E-state index < -0.39 is 10.0 Å². The first-order valence-corrected chi connectivity index (χ1v) is 11.1. The molecule has 0 unspecified atom stereocenters. The number of ether oxygens (including phenoxy) is 1. The van der Waals surface area contributed by atoms with Gasteiger partial charge in [0.15, 0.2) is 0 Å². The SMILES string of the molecule is CCN(CC)S(=O)(=O)c1ccc(SCCOc2c(C)cccc2C)nc1. The molecule has 142 valence electrons. The molecule has 0 N–H and O–H groups in total. The van der Waals surface area contributed by atoms with Crippen molar-refractivity contribution in [2.24, 2.45) is 0 Å². The van der Waals surface area contributed by atoms with Gasteiger partial charge in [-0.15, -0.1) is 11.8 Å². The van der Waals surface area contributed by atoms with Crippen molar-refractivity contribution < 1.29 is 13.2 Å². The Hall–Kier alpha value is -1.57. The van der Waals surface area contributed by atoms with Crippen LogP contribution in [0.1, 0.15) is 25.0 Å². The summed E-state index contributed by atoms with van der Waals surface area (Å²) >= 11 is 1.55. The minimum absolute atomic E-state index is 0.234. The van der Waals surface area contributed by atoms with E-state index in [1.165, 1.54) is 10.5 Å². The Balaban J connectivity index is 1.92. The first-order valence-electron chi connectivity index (χ1n) is 8.68. The minimum Gasteiger partial charge on any atom is -0.492 e. The Morgan fingerprint density at radius 3 is 2.27 bits per heavy atom. The third-order valence-corrected chi connectivity index (χ3v) is 6.98. The lowest BCUT2D eigenvalue weighted by molar-refractivity contribution is 0.339. The molecule has 7 heteroatoms. The molecular formula is C19H26N2O3S2. The number of para-hydroxylation sites is 1. The smallest absolute Gasteiger partial charge is 0.244 e. The Morgan fingerprint density at radius 1 is 1.08 bits per heavy atom. The van der Waals surface area contributed by atoms with Gasteiger partial charge >= 0.3 is 0 Å². The lowest BCUT2D eigenvalue weighted by atomic mass is 10.1. The molecule has 0 saturated heterocycles. The molecule has 5 nitrogen and oxygen atoms in total. The van der Waals surface area contributed by atoms with Gasteiger partial charge in [-0.05, 0) is 37.1 Å². The third kappa shape index (κ3) is 4.99. The van der Waals surface area contributed by atoms with Crippen molar-refractivity contribution in [1.82, 2.24) is 9.29 Å². The number of benzene rings is 1. The van der Waals surface area contributed by atoms with Crippen molar-refractivity contribution in [3.05, 3.63) is 47.7 Å². The van der Waals surface area contributed by atoms with Crippen molar-refractivity contribution in [1.29, 1.82) is 0 Å². The first-order chi connectivity index (χ1) is 12.4. The zero-order chi connectivity index (χ0) is 19.2. The van der Waals surface area contributed by atoms with E-state index in [4.69, 9.17) is 4.74 Å². The lowest BCUT2D eigenvalue weighted by Crippen LogP contribution is -2.30. The van der Waals surface area contributed by atoms with Crippen molar-refractivity contribution in [2.75, 3.05) is 25.4 Å². The van der Waals surface area contributed by atoms with Gasteiger partial charge in [-0.25, -0.2) is 13.4 Å². The molecule has 1 aromatic heterocycles. The molecule has 0 aliphatic carbocycles. The standard InChI is InChI=1S/C19H26N2O3S2/c1-5-21(6-2)26(22,23)17-10-11-18(20-14-17)25-13-12-24-19-15(3)8-7-9-16(19)4/h7-11,14H,5-6,12-13H2,1-4H3. The fraction of sp³-hybridized carbons (Fsp3) is 0.421. The molecule has 1 aromatic carbocycles. The summed E-state index contributed by atoms with van der Waals surface area (Å²) in [6, 6.07) is 9.46. The number of thioether (sulfide) groups is 1. The van der Waals surface area contributed by atoms with Crippen LogP contribution in [0.2, 0.25) is 0 Å². The molecule has 0 bridgehead atoms. The van der Waals surface area contributed by atoms with Gasteiger partial charge in [0.25, 0.3) is 0 Å². The van der Waals surface area contributed by atoms with Gasteiger partial charge in [-0.2, -0.15) is 4.31 Å². The maximum absolute atomic E-state index is 12.4. The normalized spacial score (nSPS) is 11.7. The molecule has 0 aliphatic rings. The summed E-state index contributed by atoms with van der Waals surface area (Å²) in [6.45, 7) is 9.19. The van der Waals surface area contributed by atoms with Crippen molar-refractivity contribution in [3.8, 4) is 5.75 Å². The highest BCUT2D eigenvalue weighted by Gasteiger charge is 2.21. The van der Waals surface area contributed by atoms with Crippen LogP contribution in [0.25, 0.3) is 0 Å². The molecule has 0 aliphatic heterocycles. The minimum atomic E-state index is -3.45. The molecule has 1 heterocycles. The fourth-order valence-electron chi connectivity index (χ4n) is 2.63. The monoisotopic (exact) mass is 394 g/mol. The summed E-state index contributed by atoms with van der Waals surface area (Å²) in [4.78, 5) is 4.51. The zero-order valence-corrected chi connectivity index (χ0v) is 17.4. The van der Waals surface area contributed by atoms with E-state index in [-0.39, 0.29) is 4.90 Å². The first kappa shape index (κ1) is 20.7. The molecule has 0 spiro atoms. The predicted octanol–water partition coefficient (Wildman–Crippen LogP) is 3.90. The number of sulfonamides is 1. The Morgan fingerprint density at radius 2 is 1.73 bits per heavy atom. The Labute approximate surface area is 160 Å². The molecular weight excluding hydrogens is 368 g/mol. The molecule has 2 aromatic rings. The maximum Gasteiger partial charge on any atom is 0.244 e. The van der Waals surface area contributed by atoms with E-state index in [1.807, 2.05) is 45.9 Å². The zero-order valence-electron chi connectivity index (χ0n) is 15.7. The van der Waals surface area contributed by atoms with Crippen LogP contribution in [0.5, 0.6) is 5.75 Å². The van der Waals surface area contributed by atoms with Crippen LogP contribution in [0.4, 0.5) is 0 Å². The number of aromatic nitrogens is 1. The molecule has 26 heavy (non-hydrogen) atoms. The second-order valence-electron chi connectivity index (χ2n) is 5.84. The second-order valence-corrected chi connectivity index (χ2v) is 8.89. The molecule has 0 atom stereocenters. The fourth-order valence-corrected chi connectivity index (χ4v) is 4.71. The molecule has 0 saturated carbocycles. The second kappa shape index (κ2) is 9.39. The average molecular weight is 395 g/mol. The van der Waals surface area contributed by atoms with E-state index in [1.54, 1.807) is 23.9 Å². The van der Waals surface area contributed by atoms with E-state index >= 15 is 0 Å². The van der Waals surface area contributed by atoms with Crippen molar-refractivity contribution >= 4 is 21.8 Å². The molecule has 0 radical (unpaired) electrons. The average Bonchev–Trinajstić information content (AvgIpc) is 2.62. The topological polar surface area (TPSA) is 59.5 Å². The number of nitrogens with zero attached hydrogens (tertiary/aromatic N) is 2. The van der Waals surface area contributed by atoms with Crippen molar-refractivity contribution in [3.63, 3.8) is 0 Å². The van der Waals surface area contributed by atoms with Gasteiger partial charge in [-0.3, -0.25) is 0 Å². The quantitative estimate of drug-likeness (QED) is 0.477. The molecule has 0 fully saturated rings. The number of hydrogen-bond acceptors (Lipinski definition) is 5. The van der Waals surface area contributed by atoms with Crippen LogP contribution in [0, 0.1) is 13.8 Å². The van der Waals surface area contributed by atoms with Crippen molar-refractivity contribution in [2.45, 2.75) is 37.6 Å². The van der Waals surface area contributed by atoms with Gasteiger partial charge in [0.1, 0.15) is 10.6 Å². The lowest BCUT2D eigenvalue weighted by Gasteiger charge is -2.18. The van der Waals surface area contributed by atoms with Crippen LogP contribution < -0.4 is 4.74 Å². The predicted molar refractivity (Wildman–Crippen MR) is 106 cm³/mol. The van der Waals surface area contributed by atoms with Gasteiger partial charge < -0.3 is 4.74 Å². The summed E-state index contributed by atoms with van der Waals surface area (Å²) in [6.07, 6.45) is 1.43. The van der Waals surface area contributed by atoms with E-state index in [9.17, 15) is 8.42 Å². The summed E-state index contributed by atoms with van der Waals surface area (Å²) < 4.78 is 32.2. The summed E-state index contributed by atoms with van der Waals surface area (Å²) in [5, 5.41) is 0.786. The number of hydrogen-bond donors (Lipinski definition) is 0. The van der Waals surface area contributed by atoms with Gasteiger partial charge in [0.2, 0.25) is 10.0 Å². The van der Waals surface area contributed by atoms with Crippen LogP contribution in [-0.2, 0) is 10.0 Å². The van der Waals surface area contributed by atoms with Crippen LogP contribution in [0.15, 0.2) is 46.5 Å². The number of rotatable bonds is 9. The molecule has 0 amide bonds. The highest BCUT2D eigenvalue weighted by molar-refractivity contribution is 7.99. The van der Waals surface area contributed by atoms with Gasteiger partial charge in [0, 0.05) is 25.0 Å². The number of pyridine rings is 1. The summed E-state index contributed by atoms with van der Waals surface area (Å²) in [5.74, 6) is 1.67. The Bertz CT molecular complexity index is 797. The summed E-state index contributed by atoms with van der Waals surface area (Å²) in [7, 11) is -3.45. The highest BCUT2D eigenvalue weighted by atomic mass is 32.2. The number of aryl methyl sites for hydroxylation is 2. The van der Waals surface area contributed by atoms with E-state index in [0.29, 0.717) is 19.7 Å². The van der Waals surface area contributed by atoms with E-state index in [2.05, 4.69) is 4.98 Å². The van der Waals surface area contributed by atoms with Crippen LogP contribution in [0.3, 0.4) is 0 Å². The van der Waals surface area contributed by atoms with Crippen LogP contribution >= 0.6 is 11.8 Å².